The van der Waals surface area contributed by atoms with Crippen LogP contribution >= 0.6 is 0 Å². The van der Waals surface area contributed by atoms with Crippen molar-refractivity contribution in [3.05, 3.63) is 41.6 Å². The standard InChI is InChI=1S/C30H39F3N4O3/c1-2-3-4-5-11-21(18-19-36-27(38)16-10-17-28(36)39)34-29(40)25-20-26(37(35-25)22-12-6-7-13-22)23-14-8-9-15-24(23)30(31,32)33/h8-9,14-15,20-22H,2-7,10-13,16-19H2,1H3,(H,34,40)/t21-/m1/s1. The van der Waals surface area contributed by atoms with Gasteiger partial charge in [-0.2, -0.15) is 18.3 Å². The molecule has 1 aromatic carbocycles. The average molecular weight is 561 g/mol. The van der Waals surface area contributed by atoms with E-state index < -0.39 is 17.6 Å². The Bertz CT molecular complexity index is 1170. The van der Waals surface area contributed by atoms with Crippen molar-refractivity contribution in [2.75, 3.05) is 6.54 Å². The van der Waals surface area contributed by atoms with Crippen LogP contribution in [0.4, 0.5) is 13.2 Å². The molecule has 218 valence electrons. The fourth-order valence-electron chi connectivity index (χ4n) is 5.79. The zero-order chi connectivity index (χ0) is 28.7. The van der Waals surface area contributed by atoms with Crippen LogP contribution in [0.5, 0.6) is 0 Å². The van der Waals surface area contributed by atoms with Crippen molar-refractivity contribution in [2.24, 2.45) is 0 Å². The van der Waals surface area contributed by atoms with Gasteiger partial charge in [-0.15, -0.1) is 0 Å². The Kier molecular flexibility index (Phi) is 10.0. The van der Waals surface area contributed by atoms with Crippen molar-refractivity contribution >= 4 is 17.7 Å². The van der Waals surface area contributed by atoms with Gasteiger partial charge in [-0.1, -0.05) is 63.6 Å². The van der Waals surface area contributed by atoms with Crippen molar-refractivity contribution in [1.82, 2.24) is 20.0 Å². The van der Waals surface area contributed by atoms with Crippen molar-refractivity contribution in [2.45, 2.75) is 109 Å². The van der Waals surface area contributed by atoms with Crippen molar-refractivity contribution in [1.29, 1.82) is 0 Å². The van der Waals surface area contributed by atoms with Crippen LogP contribution < -0.4 is 5.32 Å². The number of likely N-dealkylation sites (tertiary alicyclic amines) is 1. The molecule has 1 saturated heterocycles. The molecule has 1 aliphatic carbocycles. The molecule has 1 aromatic heterocycles. The number of unbranched alkanes of at least 4 members (excludes halogenated alkanes) is 3. The van der Waals surface area contributed by atoms with Gasteiger partial charge in [-0.05, 0) is 44.2 Å². The SMILES string of the molecule is CCCCCC[C@H](CCN1C(=O)CCCC1=O)NC(=O)c1cc(-c2ccccc2C(F)(F)F)n(C2CCCC2)n1. The Morgan fingerprint density at radius 2 is 1.73 bits per heavy atom. The van der Waals surface area contributed by atoms with E-state index in [2.05, 4.69) is 17.3 Å². The monoisotopic (exact) mass is 560 g/mol. The van der Waals surface area contributed by atoms with Gasteiger partial charge in [0.2, 0.25) is 11.8 Å². The summed E-state index contributed by atoms with van der Waals surface area (Å²) in [6.45, 7) is 2.35. The number of carbonyl (C=O) groups excluding carboxylic acids is 3. The Morgan fingerprint density at radius 1 is 1.02 bits per heavy atom. The highest BCUT2D eigenvalue weighted by atomic mass is 19.4. The van der Waals surface area contributed by atoms with Crippen LogP contribution in [0.25, 0.3) is 11.3 Å². The molecule has 2 aliphatic rings. The molecule has 2 heterocycles. The molecule has 7 nitrogen and oxygen atoms in total. The first-order valence-electron chi connectivity index (χ1n) is 14.6. The molecule has 1 saturated carbocycles. The molecule has 4 rings (SSSR count). The Balaban J connectivity index is 1.57. The Hall–Kier alpha value is -3.17. The topological polar surface area (TPSA) is 84.3 Å². The third-order valence-corrected chi connectivity index (χ3v) is 7.97. The summed E-state index contributed by atoms with van der Waals surface area (Å²) in [5.74, 6) is -0.828. The van der Waals surface area contributed by atoms with E-state index >= 15 is 0 Å². The van der Waals surface area contributed by atoms with Crippen molar-refractivity contribution in [3.63, 3.8) is 0 Å². The molecule has 1 N–H and O–H groups in total. The second kappa shape index (κ2) is 13.5. The zero-order valence-corrected chi connectivity index (χ0v) is 23.1. The van der Waals surface area contributed by atoms with E-state index in [1.807, 2.05) is 0 Å². The molecule has 2 aromatic rings. The molecule has 10 heteroatoms. The normalized spacial score (nSPS) is 17.4. The second-order valence-electron chi connectivity index (χ2n) is 10.9. The predicted molar refractivity (Wildman–Crippen MR) is 145 cm³/mol. The van der Waals surface area contributed by atoms with Crippen LogP contribution in [-0.4, -0.2) is 45.0 Å². The van der Waals surface area contributed by atoms with Crippen molar-refractivity contribution in [3.8, 4) is 11.3 Å². The summed E-state index contributed by atoms with van der Waals surface area (Å²) in [7, 11) is 0. The third kappa shape index (κ3) is 7.31. The van der Waals surface area contributed by atoms with Crippen LogP contribution in [0.2, 0.25) is 0 Å². The number of halogens is 3. The van der Waals surface area contributed by atoms with E-state index in [0.29, 0.717) is 32.1 Å². The molecule has 1 atom stereocenters. The molecule has 40 heavy (non-hydrogen) atoms. The lowest BCUT2D eigenvalue weighted by atomic mass is 10.0. The number of rotatable bonds is 12. The molecule has 1 aliphatic heterocycles. The van der Waals surface area contributed by atoms with Crippen LogP contribution in [-0.2, 0) is 15.8 Å². The number of hydrogen-bond acceptors (Lipinski definition) is 4. The summed E-state index contributed by atoms with van der Waals surface area (Å²) in [5.41, 5.74) is -0.394. The van der Waals surface area contributed by atoms with Gasteiger partial charge in [-0.3, -0.25) is 24.0 Å². The summed E-state index contributed by atoms with van der Waals surface area (Å²) in [6, 6.07) is 6.49. The fraction of sp³-hybridized carbons (Fsp3) is 0.600. The van der Waals surface area contributed by atoms with E-state index in [4.69, 9.17) is 0 Å². The molecule has 0 spiro atoms. The molecular formula is C30H39F3N4O3. The molecule has 2 fully saturated rings. The van der Waals surface area contributed by atoms with Gasteiger partial charge in [0.15, 0.2) is 5.69 Å². The largest absolute Gasteiger partial charge is 0.417 e. The van der Waals surface area contributed by atoms with Crippen LogP contribution in [0.1, 0.15) is 112 Å². The number of nitrogens with zero attached hydrogens (tertiary/aromatic N) is 3. The molecule has 3 amide bonds. The second-order valence-corrected chi connectivity index (χ2v) is 10.9. The van der Waals surface area contributed by atoms with Gasteiger partial charge in [0.1, 0.15) is 0 Å². The van der Waals surface area contributed by atoms with Crippen LogP contribution in [0, 0.1) is 0 Å². The minimum absolute atomic E-state index is 0.00619. The highest BCUT2D eigenvalue weighted by Gasteiger charge is 2.35. The van der Waals surface area contributed by atoms with Gasteiger partial charge >= 0.3 is 6.18 Å². The maximum Gasteiger partial charge on any atom is 0.417 e. The Labute approximate surface area is 233 Å². The summed E-state index contributed by atoms with van der Waals surface area (Å²) in [4.78, 5) is 39.3. The summed E-state index contributed by atoms with van der Waals surface area (Å²) < 4.78 is 43.3. The van der Waals surface area contributed by atoms with Gasteiger partial charge < -0.3 is 5.32 Å². The van der Waals surface area contributed by atoms with E-state index in [9.17, 15) is 27.6 Å². The molecule has 0 unspecified atom stereocenters. The number of imide groups is 1. The average Bonchev–Trinajstić information content (AvgIpc) is 3.60. The lowest BCUT2D eigenvalue weighted by Gasteiger charge is -2.27. The quantitative estimate of drug-likeness (QED) is 0.232. The number of amides is 3. The maximum absolute atomic E-state index is 13.9. The van der Waals surface area contributed by atoms with E-state index in [0.717, 1.165) is 57.4 Å². The van der Waals surface area contributed by atoms with Crippen LogP contribution in [0.3, 0.4) is 0 Å². The first-order valence-corrected chi connectivity index (χ1v) is 14.6. The number of carbonyl (C=O) groups is 3. The van der Waals surface area contributed by atoms with Gasteiger partial charge in [0.25, 0.3) is 5.91 Å². The molecular weight excluding hydrogens is 521 g/mol. The first-order chi connectivity index (χ1) is 19.2. The number of aromatic nitrogens is 2. The van der Waals surface area contributed by atoms with Gasteiger partial charge in [-0.25, -0.2) is 0 Å². The predicted octanol–water partition coefficient (Wildman–Crippen LogP) is 6.68. The minimum atomic E-state index is -4.54. The number of piperidine rings is 1. The van der Waals surface area contributed by atoms with E-state index in [-0.39, 0.29) is 47.4 Å². The Morgan fingerprint density at radius 3 is 2.40 bits per heavy atom. The lowest BCUT2D eigenvalue weighted by molar-refractivity contribution is -0.148. The highest BCUT2D eigenvalue weighted by molar-refractivity contribution is 5.97. The maximum atomic E-state index is 13.9. The first kappa shape index (κ1) is 29.8. The van der Waals surface area contributed by atoms with Crippen LogP contribution in [0.15, 0.2) is 30.3 Å². The number of nitrogens with one attached hydrogen (secondary N) is 1. The summed E-state index contributed by atoms with van der Waals surface area (Å²) >= 11 is 0. The van der Waals surface area contributed by atoms with Gasteiger partial charge in [0, 0.05) is 31.0 Å². The third-order valence-electron chi connectivity index (χ3n) is 7.97. The lowest BCUT2D eigenvalue weighted by Crippen LogP contribution is -2.44. The number of hydrogen-bond donors (Lipinski definition) is 1. The van der Waals surface area contributed by atoms with E-state index in [1.165, 1.54) is 23.1 Å². The van der Waals surface area contributed by atoms with Gasteiger partial charge in [0.05, 0.1) is 17.3 Å². The molecule has 0 radical (unpaired) electrons. The number of alkyl halides is 3. The fourth-order valence-corrected chi connectivity index (χ4v) is 5.79. The molecule has 0 bridgehead atoms. The van der Waals surface area contributed by atoms with Crippen molar-refractivity contribution < 1.29 is 27.6 Å². The zero-order valence-electron chi connectivity index (χ0n) is 23.1. The number of benzene rings is 1. The minimum Gasteiger partial charge on any atom is -0.348 e. The summed E-state index contributed by atoms with van der Waals surface area (Å²) in [5, 5.41) is 7.57. The van der Waals surface area contributed by atoms with E-state index in [1.54, 1.807) is 10.7 Å². The summed E-state index contributed by atoms with van der Waals surface area (Å²) in [6.07, 6.45) is 5.32. The highest BCUT2D eigenvalue weighted by Crippen LogP contribution is 2.40. The smallest absolute Gasteiger partial charge is 0.348 e.